The van der Waals surface area contributed by atoms with Crippen molar-refractivity contribution in [3.05, 3.63) is 24.3 Å². The van der Waals surface area contributed by atoms with Crippen LogP contribution in [0.3, 0.4) is 0 Å². The summed E-state index contributed by atoms with van der Waals surface area (Å²) in [5.74, 6) is -0.000608. The highest BCUT2D eigenvalue weighted by atomic mass is 28.4. The Bertz CT molecular complexity index is 1530. The molecule has 0 radical (unpaired) electrons. The molecule has 5 aliphatic carbocycles. The van der Waals surface area contributed by atoms with Gasteiger partial charge in [0.15, 0.2) is 14.1 Å². The number of ether oxygens (including phenoxy) is 3. The molecular weight excluding hydrogens is 711 g/mol. The molecule has 4 saturated carbocycles. The Morgan fingerprint density at radius 3 is 2.29 bits per heavy atom. The summed E-state index contributed by atoms with van der Waals surface area (Å²) in [7, 11) is -2.07. The zero-order chi connectivity index (χ0) is 41.3. The van der Waals surface area contributed by atoms with Crippen molar-refractivity contribution in [3.63, 3.8) is 0 Å². The molecule has 0 aliphatic heterocycles. The lowest BCUT2D eigenvalue weighted by atomic mass is 9.43. The Kier molecular flexibility index (Phi) is 12.0. The van der Waals surface area contributed by atoms with E-state index in [1.807, 2.05) is 27.7 Å². The number of hydrogen-bond donors (Lipinski definition) is 2. The van der Waals surface area contributed by atoms with E-state index < -0.39 is 26.1 Å². The molecule has 2 spiro atoms. The van der Waals surface area contributed by atoms with Crippen LogP contribution in [0.25, 0.3) is 0 Å². The predicted molar refractivity (Wildman–Crippen MR) is 219 cm³/mol. The second-order valence-electron chi connectivity index (χ2n) is 21.5. The first-order valence-electron chi connectivity index (χ1n) is 21.2. The minimum absolute atomic E-state index is 0.0281. The number of aliphatic hydroxyl groups is 1. The molecule has 4 fully saturated rings. The number of ketones is 1. The maximum Gasteiger partial charge on any atom is 0.407 e. The van der Waals surface area contributed by atoms with Gasteiger partial charge < -0.3 is 29.1 Å². The van der Waals surface area contributed by atoms with Gasteiger partial charge in [-0.3, -0.25) is 9.59 Å². The molecule has 10 heteroatoms. The zero-order valence-corrected chi connectivity index (χ0v) is 37.7. The highest BCUT2D eigenvalue weighted by Gasteiger charge is 2.81. The van der Waals surface area contributed by atoms with Gasteiger partial charge in [-0.1, -0.05) is 74.1 Å². The van der Waals surface area contributed by atoms with Gasteiger partial charge in [0.2, 0.25) is 0 Å². The molecule has 5 aliphatic rings. The Morgan fingerprint density at radius 1 is 1.04 bits per heavy atom. The molecule has 13 unspecified atom stereocenters. The van der Waals surface area contributed by atoms with Crippen molar-refractivity contribution < 1.29 is 38.1 Å². The van der Waals surface area contributed by atoms with Crippen LogP contribution in [-0.4, -0.2) is 74.9 Å². The third kappa shape index (κ3) is 7.69. The van der Waals surface area contributed by atoms with Gasteiger partial charge in [0, 0.05) is 31.9 Å². The summed E-state index contributed by atoms with van der Waals surface area (Å²) >= 11 is 0. The number of amides is 1. The number of alkyl carbamates (subject to hydrolysis) is 1. The van der Waals surface area contributed by atoms with Crippen LogP contribution in [0.4, 0.5) is 4.79 Å². The van der Waals surface area contributed by atoms with Crippen molar-refractivity contribution in [2.75, 3.05) is 19.8 Å². The molecule has 0 saturated heterocycles. The number of nitrogens with one attached hydrogen (secondary N) is 1. The highest BCUT2D eigenvalue weighted by Crippen LogP contribution is 2.87. The normalized spacial score (nSPS) is 38.3. The SMILES string of the molecule is C=C(C(=O)C(OCCNC(=O)OC(C)(C)C)C(C)C1C(OC(C)=O)CC2(C)C3CCC4C(C)C(O)C=CC45CC35CCC12C)C(C)CO[Si](C)(C)C(C)(C)C. The number of rotatable bonds is 13. The fourth-order valence-corrected chi connectivity index (χ4v) is 13.3. The van der Waals surface area contributed by atoms with Crippen molar-refractivity contribution in [2.45, 2.75) is 164 Å². The first kappa shape index (κ1) is 44.1. The molecule has 55 heavy (non-hydrogen) atoms. The summed E-state index contributed by atoms with van der Waals surface area (Å²) in [5.41, 5.74) is -0.244. The molecule has 9 nitrogen and oxygen atoms in total. The van der Waals surface area contributed by atoms with Crippen LogP contribution in [0, 0.1) is 57.2 Å². The Morgan fingerprint density at radius 2 is 1.69 bits per heavy atom. The fourth-order valence-electron chi connectivity index (χ4n) is 12.2. The van der Waals surface area contributed by atoms with Crippen LogP contribution >= 0.6 is 0 Å². The van der Waals surface area contributed by atoms with Gasteiger partial charge in [-0.2, -0.15) is 0 Å². The second-order valence-corrected chi connectivity index (χ2v) is 26.3. The summed E-state index contributed by atoms with van der Waals surface area (Å²) < 4.78 is 24.9. The second kappa shape index (κ2) is 15.0. The average molecular weight is 786 g/mol. The van der Waals surface area contributed by atoms with E-state index >= 15 is 0 Å². The van der Waals surface area contributed by atoms with Crippen LogP contribution in [0.5, 0.6) is 0 Å². The number of carbonyl (C=O) groups is 3. The maximum absolute atomic E-state index is 14.8. The van der Waals surface area contributed by atoms with Gasteiger partial charge in [-0.25, -0.2) is 4.79 Å². The van der Waals surface area contributed by atoms with Crippen molar-refractivity contribution in [2.24, 2.45) is 57.2 Å². The summed E-state index contributed by atoms with van der Waals surface area (Å²) in [4.78, 5) is 40.1. The first-order valence-corrected chi connectivity index (χ1v) is 24.1. The minimum atomic E-state index is -2.07. The van der Waals surface area contributed by atoms with Crippen molar-refractivity contribution in [3.8, 4) is 0 Å². The number of carbonyl (C=O) groups excluding carboxylic acids is 3. The van der Waals surface area contributed by atoms with Crippen molar-refractivity contribution >= 4 is 26.2 Å². The standard InChI is InChI=1S/C45H75NO8Si/c1-27(25-52-55(14,15)41(9,10)11)28(2)37(49)38(51-23-22-46-39(50)54-40(6,7)8)30(4)36-34(53-31(5)47)24-43(13)35-17-16-32-29(3)33(48)18-19-44(32)26-45(35,44)21-20-42(36,43)12/h18-19,27,29-30,32-36,38,48H,2,16-17,20-26H2,1,3-15H3,(H,46,50). The largest absolute Gasteiger partial charge is 0.462 e. The van der Waals surface area contributed by atoms with Gasteiger partial charge in [0.05, 0.1) is 12.7 Å². The smallest absolute Gasteiger partial charge is 0.407 e. The lowest BCUT2D eigenvalue weighted by Crippen LogP contribution is -2.56. The summed E-state index contributed by atoms with van der Waals surface area (Å²) in [6.07, 6.45) is 8.40. The monoisotopic (exact) mass is 786 g/mol. The fraction of sp³-hybridized carbons (Fsp3) is 0.844. The lowest BCUT2D eigenvalue weighted by Gasteiger charge is -2.61. The molecule has 0 aromatic rings. The molecule has 0 aromatic carbocycles. The Hall–Kier alpha value is -2.01. The van der Waals surface area contributed by atoms with Crippen LogP contribution in [0.15, 0.2) is 24.3 Å². The van der Waals surface area contributed by atoms with E-state index in [1.165, 1.54) is 6.92 Å². The van der Waals surface area contributed by atoms with Gasteiger partial charge in [0.1, 0.15) is 17.8 Å². The van der Waals surface area contributed by atoms with Crippen LogP contribution in [0.2, 0.25) is 18.1 Å². The van der Waals surface area contributed by atoms with E-state index in [2.05, 4.69) is 85.6 Å². The van der Waals surface area contributed by atoms with Gasteiger partial charge in [-0.15, -0.1) is 0 Å². The number of aliphatic hydroxyl groups excluding tert-OH is 1. The molecule has 5 rings (SSSR count). The van der Waals surface area contributed by atoms with Crippen molar-refractivity contribution in [1.29, 1.82) is 0 Å². The third-order valence-corrected chi connectivity index (χ3v) is 20.8. The summed E-state index contributed by atoms with van der Waals surface area (Å²) in [6.45, 7) is 34.1. The Labute approximate surface area is 333 Å². The van der Waals surface area contributed by atoms with Crippen molar-refractivity contribution in [1.82, 2.24) is 5.32 Å². The van der Waals surface area contributed by atoms with E-state index in [4.69, 9.17) is 18.6 Å². The van der Waals surface area contributed by atoms with Crippen LogP contribution in [-0.2, 0) is 28.2 Å². The Balaban J connectivity index is 1.44. The maximum atomic E-state index is 14.8. The molecule has 0 heterocycles. The molecule has 2 N–H and O–H groups in total. The lowest BCUT2D eigenvalue weighted by molar-refractivity contribution is -0.157. The van der Waals surface area contributed by atoms with E-state index in [9.17, 15) is 19.5 Å². The predicted octanol–water partition coefficient (Wildman–Crippen LogP) is 9.04. The average Bonchev–Trinajstić information content (AvgIpc) is 3.67. The minimum Gasteiger partial charge on any atom is -0.462 e. The number of allylic oxidation sites excluding steroid dienone is 1. The van der Waals surface area contributed by atoms with Crippen LogP contribution in [0.1, 0.15) is 122 Å². The number of Topliss-reactive ketones (excluding diaryl/α,β-unsaturated/α-hetero) is 1. The number of esters is 1. The van der Waals surface area contributed by atoms with Gasteiger partial charge in [-0.05, 0) is 128 Å². The van der Waals surface area contributed by atoms with Gasteiger partial charge in [0.25, 0.3) is 0 Å². The molecular formula is C45H75NO8Si. The number of fused-ring (bicyclic) bond motifs is 2. The zero-order valence-electron chi connectivity index (χ0n) is 36.7. The highest BCUT2D eigenvalue weighted by molar-refractivity contribution is 6.74. The number of hydrogen-bond acceptors (Lipinski definition) is 8. The third-order valence-electron chi connectivity index (χ3n) is 16.3. The molecule has 312 valence electrons. The summed E-state index contributed by atoms with van der Waals surface area (Å²) in [6, 6.07) is 0. The van der Waals surface area contributed by atoms with E-state index in [0.29, 0.717) is 24.0 Å². The van der Waals surface area contributed by atoms with E-state index in [0.717, 1.165) is 38.5 Å². The van der Waals surface area contributed by atoms with Crippen LogP contribution < -0.4 is 5.32 Å². The molecule has 0 bridgehead atoms. The summed E-state index contributed by atoms with van der Waals surface area (Å²) in [5, 5.41) is 13.6. The topological polar surface area (TPSA) is 120 Å². The van der Waals surface area contributed by atoms with E-state index in [-0.39, 0.29) is 87.5 Å². The van der Waals surface area contributed by atoms with E-state index in [1.54, 1.807) is 0 Å². The molecule has 0 aromatic heterocycles. The first-order chi connectivity index (χ1) is 25.2. The molecule has 13 atom stereocenters. The van der Waals surface area contributed by atoms with Gasteiger partial charge >= 0.3 is 12.1 Å². The molecule has 1 amide bonds. The quantitative estimate of drug-likeness (QED) is 0.0624.